The van der Waals surface area contributed by atoms with E-state index in [1.165, 1.54) is 0 Å². The standard InChI is InChI=1S/C16H26N4O2/c1-11-6-8-17-14(18-11)20-9-7-13(10-12(20)2)19-15(21)22-16(3,4)5/h6,8,12-13H,7,9-10H2,1-5H3,(H,19,21). The van der Waals surface area contributed by atoms with Crippen molar-refractivity contribution in [1.29, 1.82) is 0 Å². The van der Waals surface area contributed by atoms with E-state index < -0.39 is 5.60 Å². The van der Waals surface area contributed by atoms with Crippen molar-refractivity contribution in [2.45, 2.75) is 65.1 Å². The first-order valence-electron chi connectivity index (χ1n) is 7.80. The van der Waals surface area contributed by atoms with Crippen LogP contribution in [0.5, 0.6) is 0 Å². The fourth-order valence-electron chi connectivity index (χ4n) is 2.65. The smallest absolute Gasteiger partial charge is 0.407 e. The van der Waals surface area contributed by atoms with Gasteiger partial charge in [0.2, 0.25) is 5.95 Å². The number of hydrogen-bond acceptors (Lipinski definition) is 5. The predicted octanol–water partition coefficient (Wildman–Crippen LogP) is 2.67. The van der Waals surface area contributed by atoms with Crippen LogP contribution in [0.3, 0.4) is 0 Å². The van der Waals surface area contributed by atoms with Crippen LogP contribution in [-0.4, -0.2) is 40.3 Å². The molecule has 1 aromatic heterocycles. The topological polar surface area (TPSA) is 67.4 Å². The molecule has 0 aliphatic carbocycles. The summed E-state index contributed by atoms with van der Waals surface area (Å²) < 4.78 is 5.31. The van der Waals surface area contributed by atoms with Gasteiger partial charge >= 0.3 is 6.09 Å². The van der Waals surface area contributed by atoms with Crippen LogP contribution < -0.4 is 10.2 Å². The van der Waals surface area contributed by atoms with Gasteiger partial charge < -0.3 is 15.0 Å². The van der Waals surface area contributed by atoms with Crippen LogP contribution >= 0.6 is 0 Å². The molecule has 2 rings (SSSR count). The molecule has 2 heterocycles. The zero-order chi connectivity index (χ0) is 16.3. The van der Waals surface area contributed by atoms with Gasteiger partial charge in [-0.1, -0.05) is 0 Å². The van der Waals surface area contributed by atoms with E-state index in [9.17, 15) is 4.79 Å². The maximum Gasteiger partial charge on any atom is 0.407 e. The second-order valence-electron chi connectivity index (χ2n) is 6.91. The van der Waals surface area contributed by atoms with Crippen LogP contribution in [0.25, 0.3) is 0 Å². The van der Waals surface area contributed by atoms with Crippen LogP contribution in [0, 0.1) is 6.92 Å². The third kappa shape index (κ3) is 4.58. The molecule has 0 aromatic carbocycles. The van der Waals surface area contributed by atoms with Crippen molar-refractivity contribution >= 4 is 12.0 Å². The lowest BCUT2D eigenvalue weighted by Gasteiger charge is -2.38. The lowest BCUT2D eigenvalue weighted by atomic mass is 9.99. The Hall–Kier alpha value is -1.85. The number of piperidine rings is 1. The van der Waals surface area contributed by atoms with Crippen molar-refractivity contribution in [2.75, 3.05) is 11.4 Å². The Morgan fingerprint density at radius 2 is 2.18 bits per heavy atom. The van der Waals surface area contributed by atoms with Crippen LogP contribution in [-0.2, 0) is 4.74 Å². The van der Waals surface area contributed by atoms with Crippen LogP contribution in [0.4, 0.5) is 10.7 Å². The van der Waals surface area contributed by atoms with Gasteiger partial charge in [0.05, 0.1) is 0 Å². The molecule has 22 heavy (non-hydrogen) atoms. The van der Waals surface area contributed by atoms with Gasteiger partial charge in [0, 0.05) is 30.5 Å². The van der Waals surface area contributed by atoms with Crippen LogP contribution in [0.2, 0.25) is 0 Å². The zero-order valence-electron chi connectivity index (χ0n) is 14.1. The lowest BCUT2D eigenvalue weighted by Crippen LogP contribution is -2.50. The molecular formula is C16H26N4O2. The molecule has 1 saturated heterocycles. The molecule has 0 radical (unpaired) electrons. The summed E-state index contributed by atoms with van der Waals surface area (Å²) in [5, 5.41) is 2.96. The number of ether oxygens (including phenoxy) is 1. The minimum Gasteiger partial charge on any atom is -0.444 e. The Balaban J connectivity index is 1.91. The first-order valence-corrected chi connectivity index (χ1v) is 7.80. The Kier molecular flexibility index (Phi) is 4.88. The van der Waals surface area contributed by atoms with Gasteiger partial charge in [0.1, 0.15) is 5.60 Å². The summed E-state index contributed by atoms with van der Waals surface area (Å²) in [4.78, 5) is 22.9. The zero-order valence-corrected chi connectivity index (χ0v) is 14.1. The molecule has 0 spiro atoms. The number of carbonyl (C=O) groups excluding carboxylic acids is 1. The van der Waals surface area contributed by atoms with Crippen molar-refractivity contribution in [2.24, 2.45) is 0 Å². The molecule has 1 N–H and O–H groups in total. The summed E-state index contributed by atoms with van der Waals surface area (Å²) in [6, 6.07) is 2.30. The monoisotopic (exact) mass is 306 g/mol. The van der Waals surface area contributed by atoms with E-state index in [1.54, 1.807) is 6.20 Å². The average Bonchev–Trinajstić information content (AvgIpc) is 2.36. The number of aromatic nitrogens is 2. The number of rotatable bonds is 2. The molecule has 0 saturated carbocycles. The summed E-state index contributed by atoms with van der Waals surface area (Å²) in [6.07, 6.45) is 3.16. The molecule has 2 atom stereocenters. The summed E-state index contributed by atoms with van der Waals surface area (Å²) in [5.74, 6) is 0.767. The summed E-state index contributed by atoms with van der Waals surface area (Å²) in [6.45, 7) is 10.5. The molecule has 2 unspecified atom stereocenters. The molecule has 1 aliphatic rings. The van der Waals surface area contributed by atoms with E-state index in [0.29, 0.717) is 0 Å². The van der Waals surface area contributed by atoms with Gasteiger partial charge in [0.15, 0.2) is 0 Å². The fraction of sp³-hybridized carbons (Fsp3) is 0.688. The van der Waals surface area contributed by atoms with E-state index in [4.69, 9.17) is 4.74 Å². The number of nitrogens with zero attached hydrogens (tertiary/aromatic N) is 3. The largest absolute Gasteiger partial charge is 0.444 e. The molecule has 6 nitrogen and oxygen atoms in total. The predicted molar refractivity (Wildman–Crippen MR) is 86.0 cm³/mol. The quantitative estimate of drug-likeness (QED) is 0.910. The van der Waals surface area contributed by atoms with Crippen molar-refractivity contribution < 1.29 is 9.53 Å². The first-order chi connectivity index (χ1) is 10.2. The molecule has 1 fully saturated rings. The van der Waals surface area contributed by atoms with E-state index >= 15 is 0 Å². The summed E-state index contributed by atoms with van der Waals surface area (Å²) >= 11 is 0. The Morgan fingerprint density at radius 3 is 2.77 bits per heavy atom. The number of aryl methyl sites for hydroxylation is 1. The first kappa shape index (κ1) is 16.5. The summed E-state index contributed by atoms with van der Waals surface area (Å²) in [7, 11) is 0. The number of amides is 1. The minimum atomic E-state index is -0.466. The minimum absolute atomic E-state index is 0.130. The van der Waals surface area contributed by atoms with Gasteiger partial charge in [-0.05, 0) is 53.5 Å². The van der Waals surface area contributed by atoms with E-state index in [-0.39, 0.29) is 18.2 Å². The Labute approximate surface area is 132 Å². The van der Waals surface area contributed by atoms with Gasteiger partial charge in [-0.15, -0.1) is 0 Å². The SMILES string of the molecule is Cc1ccnc(N2CCC(NC(=O)OC(C)(C)C)CC2C)n1. The molecule has 122 valence electrons. The van der Waals surface area contributed by atoms with E-state index in [0.717, 1.165) is 31.0 Å². The van der Waals surface area contributed by atoms with Crippen molar-refractivity contribution in [3.8, 4) is 0 Å². The van der Waals surface area contributed by atoms with E-state index in [1.807, 2.05) is 33.8 Å². The number of alkyl carbamates (subject to hydrolysis) is 1. The van der Waals surface area contributed by atoms with Gasteiger partial charge in [0.25, 0.3) is 0 Å². The van der Waals surface area contributed by atoms with Crippen molar-refractivity contribution in [1.82, 2.24) is 15.3 Å². The average molecular weight is 306 g/mol. The van der Waals surface area contributed by atoms with Gasteiger partial charge in [-0.3, -0.25) is 0 Å². The highest BCUT2D eigenvalue weighted by Crippen LogP contribution is 2.22. The third-order valence-electron chi connectivity index (χ3n) is 3.64. The van der Waals surface area contributed by atoms with Crippen LogP contribution in [0.1, 0.15) is 46.2 Å². The molecule has 0 bridgehead atoms. The number of hydrogen-bond donors (Lipinski definition) is 1. The maximum atomic E-state index is 11.9. The normalized spacial score (nSPS) is 22.3. The fourth-order valence-corrected chi connectivity index (χ4v) is 2.65. The van der Waals surface area contributed by atoms with Gasteiger partial charge in [-0.25, -0.2) is 14.8 Å². The lowest BCUT2D eigenvalue weighted by molar-refractivity contribution is 0.0494. The molecular weight excluding hydrogens is 280 g/mol. The highest BCUT2D eigenvalue weighted by Gasteiger charge is 2.29. The highest BCUT2D eigenvalue weighted by molar-refractivity contribution is 5.68. The van der Waals surface area contributed by atoms with Crippen LogP contribution in [0.15, 0.2) is 12.3 Å². The van der Waals surface area contributed by atoms with E-state index in [2.05, 4.69) is 27.1 Å². The molecule has 1 aromatic rings. The molecule has 6 heteroatoms. The molecule has 1 amide bonds. The Bertz CT molecular complexity index is 527. The summed E-state index contributed by atoms with van der Waals surface area (Å²) in [5.41, 5.74) is 0.498. The second kappa shape index (κ2) is 6.50. The second-order valence-corrected chi connectivity index (χ2v) is 6.91. The Morgan fingerprint density at radius 1 is 1.45 bits per heavy atom. The van der Waals surface area contributed by atoms with Crippen molar-refractivity contribution in [3.63, 3.8) is 0 Å². The maximum absolute atomic E-state index is 11.9. The van der Waals surface area contributed by atoms with Crippen molar-refractivity contribution in [3.05, 3.63) is 18.0 Å². The number of anilines is 1. The van der Waals surface area contributed by atoms with Gasteiger partial charge in [-0.2, -0.15) is 0 Å². The number of nitrogens with one attached hydrogen (secondary N) is 1. The third-order valence-corrected chi connectivity index (χ3v) is 3.64. The number of carbonyl (C=O) groups is 1. The highest BCUT2D eigenvalue weighted by atomic mass is 16.6. The molecule has 1 aliphatic heterocycles.